The lowest BCUT2D eigenvalue weighted by Crippen LogP contribution is -2.06. The highest BCUT2D eigenvalue weighted by Gasteiger charge is 2.24. The first kappa shape index (κ1) is 21.9. The van der Waals surface area contributed by atoms with Crippen LogP contribution in [-0.4, -0.2) is 27.3 Å². The van der Waals surface area contributed by atoms with Crippen LogP contribution in [0.3, 0.4) is 0 Å². The number of rotatable bonds is 6. The highest BCUT2D eigenvalue weighted by molar-refractivity contribution is 6.36. The smallest absolute Gasteiger partial charge is 0.356 e. The normalized spacial score (nSPS) is 10.5. The molecule has 0 spiro atoms. The van der Waals surface area contributed by atoms with Crippen molar-refractivity contribution in [3.05, 3.63) is 69.5 Å². The molecule has 2 aromatic carbocycles. The Bertz CT molecular complexity index is 1130. The van der Waals surface area contributed by atoms with Gasteiger partial charge in [-0.25, -0.2) is 9.78 Å². The number of carbonyl (C=O) groups is 1. The molecule has 4 nitrogen and oxygen atoms in total. The van der Waals surface area contributed by atoms with Crippen molar-refractivity contribution in [2.45, 2.75) is 26.2 Å². The Balaban J connectivity index is 2.12. The number of halogens is 3. The van der Waals surface area contributed by atoms with Gasteiger partial charge < -0.3 is 5.11 Å². The van der Waals surface area contributed by atoms with Gasteiger partial charge in [-0.05, 0) is 55.3 Å². The Labute approximate surface area is 184 Å². The minimum atomic E-state index is -1.10. The van der Waals surface area contributed by atoms with E-state index in [1.807, 2.05) is 31.2 Å². The summed E-state index contributed by atoms with van der Waals surface area (Å²) in [5, 5.41) is 10.5. The van der Waals surface area contributed by atoms with Gasteiger partial charge in [-0.3, -0.25) is 8.96 Å². The largest absolute Gasteiger partial charge is 0.476 e. The first-order chi connectivity index (χ1) is 14.5. The third-order valence-corrected chi connectivity index (χ3v) is 5.02. The molecule has 1 aromatic heterocycles. The number of unbranched alkanes of at least 4 members (excludes halogenated alkanes) is 1. The van der Waals surface area contributed by atoms with Crippen LogP contribution in [0.4, 0.5) is 4.39 Å². The fraction of sp³-hybridized carbons (Fsp3) is 0.217. The highest BCUT2D eigenvalue weighted by Crippen LogP contribution is 2.33. The summed E-state index contributed by atoms with van der Waals surface area (Å²) in [5.41, 5.74) is 2.65. The standard InChI is InChI=1S/C23H19Cl2FN2O2/c1-2-20-21(23(29)30)27-22(18-12-9-16(24)14-19(18)25)28(20)17-10-7-15(8-11-17)6-4-3-5-13-26/h7-12,14H,2-3,5,13H2,1H3,(H,29,30). The first-order valence-corrected chi connectivity index (χ1v) is 10.2. The van der Waals surface area contributed by atoms with Gasteiger partial charge in [0.1, 0.15) is 5.82 Å². The summed E-state index contributed by atoms with van der Waals surface area (Å²) in [4.78, 5) is 16.2. The van der Waals surface area contributed by atoms with Gasteiger partial charge in [-0.1, -0.05) is 42.0 Å². The van der Waals surface area contributed by atoms with Crippen LogP contribution in [0.1, 0.15) is 41.5 Å². The molecule has 0 atom stereocenters. The van der Waals surface area contributed by atoms with Crippen LogP contribution >= 0.6 is 23.2 Å². The zero-order valence-electron chi connectivity index (χ0n) is 16.3. The predicted molar refractivity (Wildman–Crippen MR) is 117 cm³/mol. The number of carboxylic acids is 1. The van der Waals surface area contributed by atoms with Gasteiger partial charge in [0.2, 0.25) is 0 Å². The van der Waals surface area contributed by atoms with Gasteiger partial charge >= 0.3 is 5.97 Å². The Morgan fingerprint density at radius 1 is 1.20 bits per heavy atom. The number of carboxylic acid groups (broad SMARTS) is 1. The Morgan fingerprint density at radius 2 is 1.93 bits per heavy atom. The summed E-state index contributed by atoms with van der Waals surface area (Å²) in [5.74, 6) is 5.26. The monoisotopic (exact) mass is 444 g/mol. The lowest BCUT2D eigenvalue weighted by molar-refractivity contribution is 0.0690. The van der Waals surface area contributed by atoms with Gasteiger partial charge in [-0.2, -0.15) is 0 Å². The van der Waals surface area contributed by atoms with E-state index in [0.717, 1.165) is 11.3 Å². The molecule has 0 saturated carbocycles. The van der Waals surface area contributed by atoms with Crippen molar-refractivity contribution in [2.24, 2.45) is 0 Å². The van der Waals surface area contributed by atoms with E-state index in [9.17, 15) is 14.3 Å². The Hall–Kier alpha value is -2.81. The van der Waals surface area contributed by atoms with Gasteiger partial charge in [0, 0.05) is 28.3 Å². The molecule has 0 aliphatic carbocycles. The summed E-state index contributed by atoms with van der Waals surface area (Å²) >= 11 is 12.4. The van der Waals surface area contributed by atoms with Crippen molar-refractivity contribution in [1.82, 2.24) is 9.55 Å². The summed E-state index contributed by atoms with van der Waals surface area (Å²) < 4.78 is 14.0. The Kier molecular flexibility index (Phi) is 7.15. The SMILES string of the molecule is CCc1c(C(=O)O)nc(-c2ccc(Cl)cc2Cl)n1-c1ccc(C#CCCCF)cc1. The molecule has 0 amide bonds. The van der Waals surface area contributed by atoms with E-state index >= 15 is 0 Å². The van der Waals surface area contributed by atoms with E-state index in [-0.39, 0.29) is 12.4 Å². The Morgan fingerprint density at radius 3 is 2.53 bits per heavy atom. The fourth-order valence-electron chi connectivity index (χ4n) is 3.09. The van der Waals surface area contributed by atoms with Gasteiger partial charge in [0.25, 0.3) is 0 Å². The first-order valence-electron chi connectivity index (χ1n) is 9.41. The molecule has 7 heteroatoms. The number of hydrogen-bond donors (Lipinski definition) is 1. The van der Waals surface area contributed by atoms with Crippen LogP contribution in [0.15, 0.2) is 42.5 Å². The van der Waals surface area contributed by atoms with E-state index in [4.69, 9.17) is 23.2 Å². The van der Waals surface area contributed by atoms with Gasteiger partial charge in [0.05, 0.1) is 17.4 Å². The molecule has 0 unspecified atom stereocenters. The van der Waals surface area contributed by atoms with Gasteiger partial charge in [0.15, 0.2) is 5.69 Å². The van der Waals surface area contributed by atoms with Crippen LogP contribution in [0, 0.1) is 11.8 Å². The maximum atomic E-state index is 12.2. The quantitative estimate of drug-likeness (QED) is 0.363. The van der Waals surface area contributed by atoms with Crippen LogP contribution in [0.2, 0.25) is 10.0 Å². The number of benzene rings is 2. The summed E-state index contributed by atoms with van der Waals surface area (Å²) in [6, 6.07) is 12.4. The van der Waals surface area contributed by atoms with Gasteiger partial charge in [-0.15, -0.1) is 0 Å². The van der Waals surface area contributed by atoms with Crippen molar-refractivity contribution in [2.75, 3.05) is 6.67 Å². The predicted octanol–water partition coefficient (Wildman–Crippen LogP) is 6.21. The number of hydrogen-bond acceptors (Lipinski definition) is 2. The van der Waals surface area contributed by atoms with E-state index in [0.29, 0.717) is 46.4 Å². The lowest BCUT2D eigenvalue weighted by atomic mass is 10.1. The van der Waals surface area contributed by atoms with E-state index in [2.05, 4.69) is 16.8 Å². The fourth-order valence-corrected chi connectivity index (χ4v) is 3.59. The van der Waals surface area contributed by atoms with Crippen molar-refractivity contribution in [1.29, 1.82) is 0 Å². The average Bonchev–Trinajstić information content (AvgIpc) is 3.11. The molecule has 1 heterocycles. The number of aromatic carboxylic acids is 1. The van der Waals surface area contributed by atoms with Crippen molar-refractivity contribution in [3.8, 4) is 28.9 Å². The zero-order chi connectivity index (χ0) is 21.7. The molecule has 0 fully saturated rings. The average molecular weight is 445 g/mol. The second kappa shape index (κ2) is 9.80. The third-order valence-electron chi connectivity index (χ3n) is 4.48. The molecule has 0 saturated heterocycles. The molecular weight excluding hydrogens is 426 g/mol. The third kappa shape index (κ3) is 4.67. The molecule has 3 aromatic rings. The summed E-state index contributed by atoms with van der Waals surface area (Å²) in [6.07, 6.45) is 1.38. The molecule has 0 aliphatic rings. The molecule has 3 rings (SSSR count). The van der Waals surface area contributed by atoms with Crippen LogP contribution in [0.5, 0.6) is 0 Å². The molecule has 0 bridgehead atoms. The second-order valence-electron chi connectivity index (χ2n) is 6.49. The van der Waals surface area contributed by atoms with E-state index in [1.165, 1.54) is 0 Å². The van der Waals surface area contributed by atoms with Crippen LogP contribution < -0.4 is 0 Å². The number of alkyl halides is 1. The van der Waals surface area contributed by atoms with Crippen molar-refractivity contribution in [3.63, 3.8) is 0 Å². The minimum Gasteiger partial charge on any atom is -0.476 e. The van der Waals surface area contributed by atoms with Crippen molar-refractivity contribution < 1.29 is 14.3 Å². The second-order valence-corrected chi connectivity index (χ2v) is 7.33. The molecule has 30 heavy (non-hydrogen) atoms. The van der Waals surface area contributed by atoms with E-state index in [1.54, 1.807) is 22.8 Å². The molecule has 1 N–H and O–H groups in total. The number of imidazole rings is 1. The number of nitrogens with zero attached hydrogens (tertiary/aromatic N) is 2. The van der Waals surface area contributed by atoms with Crippen LogP contribution in [-0.2, 0) is 6.42 Å². The minimum absolute atomic E-state index is 0.0198. The molecule has 0 aliphatic heterocycles. The highest BCUT2D eigenvalue weighted by atomic mass is 35.5. The van der Waals surface area contributed by atoms with E-state index < -0.39 is 5.97 Å². The maximum Gasteiger partial charge on any atom is 0.356 e. The zero-order valence-corrected chi connectivity index (χ0v) is 17.8. The summed E-state index contributed by atoms with van der Waals surface area (Å²) in [6.45, 7) is 1.49. The number of aromatic nitrogens is 2. The lowest BCUT2D eigenvalue weighted by Gasteiger charge is -2.13. The van der Waals surface area contributed by atoms with Crippen molar-refractivity contribution >= 4 is 29.2 Å². The van der Waals surface area contributed by atoms with Crippen LogP contribution in [0.25, 0.3) is 17.1 Å². The molecule has 154 valence electrons. The summed E-state index contributed by atoms with van der Waals surface area (Å²) in [7, 11) is 0. The molecular formula is C23H19Cl2FN2O2. The topological polar surface area (TPSA) is 55.1 Å². The molecule has 0 radical (unpaired) electrons. The maximum absolute atomic E-state index is 12.2.